The predicted molar refractivity (Wildman–Crippen MR) is 78.0 cm³/mol. The molecule has 0 aliphatic carbocycles. The fourth-order valence-electron chi connectivity index (χ4n) is 1.48. The predicted octanol–water partition coefficient (Wildman–Crippen LogP) is 0.0448. The van der Waals surface area contributed by atoms with Gasteiger partial charge in [-0.25, -0.2) is 14.6 Å². The molecule has 8 nitrogen and oxygen atoms in total. The molecular weight excluding hydrogens is 274 g/mol. The molecule has 8 heteroatoms. The Hall–Kier alpha value is -2.09. The molecule has 2 amide bonds. The second-order valence-electron chi connectivity index (χ2n) is 5.71. The molecule has 1 aromatic heterocycles. The minimum atomic E-state index is -1.09. The first-order valence-electron chi connectivity index (χ1n) is 6.64. The van der Waals surface area contributed by atoms with Gasteiger partial charge in [-0.2, -0.15) is 0 Å². The van der Waals surface area contributed by atoms with Gasteiger partial charge in [0.15, 0.2) is 0 Å². The molecule has 0 aliphatic rings. The van der Waals surface area contributed by atoms with E-state index in [1.54, 1.807) is 0 Å². The van der Waals surface area contributed by atoms with Crippen LogP contribution in [0.2, 0.25) is 0 Å². The minimum Gasteiger partial charge on any atom is -0.480 e. The molecule has 1 rings (SSSR count). The Morgan fingerprint density at radius 2 is 2.14 bits per heavy atom. The molecule has 1 aromatic rings. The number of carbonyl (C=O) groups is 2. The van der Waals surface area contributed by atoms with E-state index >= 15 is 0 Å². The number of H-pyrrole nitrogens is 1. The number of aromatic nitrogens is 2. The summed E-state index contributed by atoms with van der Waals surface area (Å²) in [5, 5.41) is 14.3. The number of aromatic amines is 1. The molecule has 118 valence electrons. The smallest absolute Gasteiger partial charge is 0.326 e. The molecule has 1 heterocycles. The number of amides is 2. The minimum absolute atomic E-state index is 0.153. The largest absolute Gasteiger partial charge is 0.480 e. The highest BCUT2D eigenvalue weighted by Gasteiger charge is 2.24. The summed E-state index contributed by atoms with van der Waals surface area (Å²) in [6.45, 7) is 4.36. The number of hydrogen-bond acceptors (Lipinski definition) is 4. The van der Waals surface area contributed by atoms with E-state index in [9.17, 15) is 9.59 Å². The average molecular weight is 297 g/mol. The van der Waals surface area contributed by atoms with Crippen LogP contribution < -0.4 is 10.6 Å². The van der Waals surface area contributed by atoms with E-state index in [-0.39, 0.29) is 12.0 Å². The van der Waals surface area contributed by atoms with Gasteiger partial charge in [0, 0.05) is 30.4 Å². The summed E-state index contributed by atoms with van der Waals surface area (Å²) in [6, 6.07) is -1.51. The van der Waals surface area contributed by atoms with Gasteiger partial charge in [-0.05, 0) is 27.9 Å². The maximum atomic E-state index is 11.8. The monoisotopic (exact) mass is 297 g/mol. The van der Waals surface area contributed by atoms with E-state index in [0.29, 0.717) is 12.2 Å². The first-order chi connectivity index (χ1) is 9.72. The van der Waals surface area contributed by atoms with E-state index < -0.39 is 18.0 Å². The summed E-state index contributed by atoms with van der Waals surface area (Å²) in [6.07, 6.45) is 3.15. The number of rotatable bonds is 7. The van der Waals surface area contributed by atoms with Crippen LogP contribution in [-0.2, 0) is 11.2 Å². The fraction of sp³-hybridized carbons (Fsp3) is 0.615. The maximum Gasteiger partial charge on any atom is 0.326 e. The second-order valence-corrected chi connectivity index (χ2v) is 5.71. The number of hydrogen-bond donors (Lipinski definition) is 4. The van der Waals surface area contributed by atoms with Gasteiger partial charge in [-0.1, -0.05) is 0 Å². The first kappa shape index (κ1) is 17.0. The third kappa shape index (κ3) is 5.42. The van der Waals surface area contributed by atoms with Crippen LogP contribution in [0.15, 0.2) is 12.5 Å². The van der Waals surface area contributed by atoms with E-state index in [1.165, 1.54) is 12.5 Å². The maximum absolute atomic E-state index is 11.8. The highest BCUT2D eigenvalue weighted by atomic mass is 16.4. The van der Waals surface area contributed by atoms with Gasteiger partial charge in [0.1, 0.15) is 6.04 Å². The number of carbonyl (C=O) groups excluding carboxylic acids is 1. The number of imidazole rings is 1. The highest BCUT2D eigenvalue weighted by Crippen LogP contribution is 2.07. The summed E-state index contributed by atoms with van der Waals surface area (Å²) in [7, 11) is 3.83. The lowest BCUT2D eigenvalue weighted by molar-refractivity contribution is -0.139. The summed E-state index contributed by atoms with van der Waals surface area (Å²) in [4.78, 5) is 31.6. The molecule has 1 atom stereocenters. The quantitative estimate of drug-likeness (QED) is 0.568. The number of urea groups is 1. The van der Waals surface area contributed by atoms with Gasteiger partial charge in [-0.15, -0.1) is 0 Å². The van der Waals surface area contributed by atoms with Crippen LogP contribution in [0.25, 0.3) is 0 Å². The zero-order chi connectivity index (χ0) is 16.0. The van der Waals surface area contributed by atoms with Crippen molar-refractivity contribution in [2.24, 2.45) is 0 Å². The molecule has 0 radical (unpaired) electrons. The van der Waals surface area contributed by atoms with E-state index in [4.69, 9.17) is 5.11 Å². The number of nitrogens with one attached hydrogen (secondary N) is 3. The Morgan fingerprint density at radius 3 is 2.62 bits per heavy atom. The van der Waals surface area contributed by atoms with Crippen LogP contribution in [0.3, 0.4) is 0 Å². The summed E-state index contributed by atoms with van der Waals surface area (Å²) in [5.41, 5.74) is 0.427. The Bertz CT molecular complexity index is 470. The van der Waals surface area contributed by atoms with Crippen molar-refractivity contribution in [1.82, 2.24) is 25.5 Å². The fourth-order valence-corrected chi connectivity index (χ4v) is 1.48. The molecule has 0 spiro atoms. The average Bonchev–Trinajstić information content (AvgIpc) is 2.88. The van der Waals surface area contributed by atoms with Crippen molar-refractivity contribution in [2.45, 2.75) is 31.8 Å². The summed E-state index contributed by atoms with van der Waals surface area (Å²) in [5.74, 6) is -1.09. The van der Waals surface area contributed by atoms with Crippen molar-refractivity contribution in [3.8, 4) is 0 Å². The normalized spacial score (nSPS) is 13.0. The van der Waals surface area contributed by atoms with E-state index in [1.807, 2.05) is 32.8 Å². The Labute approximate surface area is 123 Å². The zero-order valence-corrected chi connectivity index (χ0v) is 12.8. The third-order valence-electron chi connectivity index (χ3n) is 3.47. The Balaban J connectivity index is 2.52. The number of likely N-dealkylation sites (N-methyl/N-ethyl adjacent to an activating group) is 1. The Kier molecular flexibility index (Phi) is 5.71. The van der Waals surface area contributed by atoms with Crippen molar-refractivity contribution in [2.75, 3.05) is 20.6 Å². The van der Waals surface area contributed by atoms with Crippen LogP contribution in [0.4, 0.5) is 4.79 Å². The van der Waals surface area contributed by atoms with Crippen molar-refractivity contribution in [3.05, 3.63) is 18.2 Å². The van der Waals surface area contributed by atoms with Crippen LogP contribution in [-0.4, -0.2) is 64.2 Å². The lowest BCUT2D eigenvalue weighted by Gasteiger charge is -2.32. The molecule has 0 aliphatic heterocycles. The van der Waals surface area contributed by atoms with Gasteiger partial charge in [0.2, 0.25) is 0 Å². The number of carboxylic acid groups (broad SMARTS) is 1. The SMILES string of the molecule is CN(C)C(C)(C)CNC(=O)N[C@@H](Cc1cnc[nH]1)C(=O)O. The van der Waals surface area contributed by atoms with Crippen molar-refractivity contribution >= 4 is 12.0 Å². The van der Waals surface area contributed by atoms with Crippen molar-refractivity contribution in [3.63, 3.8) is 0 Å². The van der Waals surface area contributed by atoms with Crippen molar-refractivity contribution < 1.29 is 14.7 Å². The highest BCUT2D eigenvalue weighted by molar-refractivity contribution is 5.82. The first-order valence-corrected chi connectivity index (χ1v) is 6.64. The number of aliphatic carboxylic acids is 1. The number of carboxylic acids is 1. The van der Waals surface area contributed by atoms with Gasteiger partial charge in [-0.3, -0.25) is 0 Å². The third-order valence-corrected chi connectivity index (χ3v) is 3.47. The van der Waals surface area contributed by atoms with Crippen LogP contribution >= 0.6 is 0 Å². The molecule has 0 saturated carbocycles. The molecular formula is C13H23N5O3. The summed E-state index contributed by atoms with van der Waals surface area (Å²) >= 11 is 0. The molecule has 4 N–H and O–H groups in total. The molecule has 0 saturated heterocycles. The van der Waals surface area contributed by atoms with E-state index in [0.717, 1.165) is 0 Å². The molecule has 0 fully saturated rings. The summed E-state index contributed by atoms with van der Waals surface area (Å²) < 4.78 is 0. The molecule has 0 aromatic carbocycles. The lowest BCUT2D eigenvalue weighted by Crippen LogP contribution is -2.53. The zero-order valence-electron chi connectivity index (χ0n) is 12.8. The molecule has 0 bridgehead atoms. The van der Waals surface area contributed by atoms with Gasteiger partial charge >= 0.3 is 12.0 Å². The molecule has 0 unspecified atom stereocenters. The van der Waals surface area contributed by atoms with Crippen molar-refractivity contribution in [1.29, 1.82) is 0 Å². The Morgan fingerprint density at radius 1 is 1.48 bits per heavy atom. The molecule has 21 heavy (non-hydrogen) atoms. The lowest BCUT2D eigenvalue weighted by atomic mass is 10.0. The van der Waals surface area contributed by atoms with Gasteiger partial charge in [0.05, 0.1) is 6.33 Å². The van der Waals surface area contributed by atoms with Crippen LogP contribution in [0, 0.1) is 0 Å². The van der Waals surface area contributed by atoms with Gasteiger partial charge in [0.25, 0.3) is 0 Å². The van der Waals surface area contributed by atoms with E-state index in [2.05, 4.69) is 20.6 Å². The van der Waals surface area contributed by atoms with Crippen LogP contribution in [0.5, 0.6) is 0 Å². The standard InChI is InChI=1S/C13H23N5O3/c1-13(2,18(3)4)7-15-12(21)17-10(11(19)20)5-9-6-14-8-16-9/h6,8,10H,5,7H2,1-4H3,(H,14,16)(H,19,20)(H2,15,17,21)/t10-/m0/s1. The topological polar surface area (TPSA) is 110 Å². The van der Waals surface area contributed by atoms with Crippen LogP contribution in [0.1, 0.15) is 19.5 Å². The van der Waals surface area contributed by atoms with Gasteiger partial charge < -0.3 is 25.6 Å². The second kappa shape index (κ2) is 7.07. The number of nitrogens with zero attached hydrogens (tertiary/aromatic N) is 2.